The second kappa shape index (κ2) is 8.81. The molecule has 0 aliphatic rings. The lowest BCUT2D eigenvalue weighted by Gasteiger charge is -2.22. The number of para-hydroxylation sites is 1. The monoisotopic (exact) mass is 349 g/mol. The third-order valence-electron chi connectivity index (χ3n) is 3.05. The first kappa shape index (κ1) is 20.1. The van der Waals surface area contributed by atoms with E-state index in [2.05, 4.69) is 17.2 Å². The van der Waals surface area contributed by atoms with Gasteiger partial charge in [0, 0.05) is 18.2 Å². The van der Waals surface area contributed by atoms with E-state index in [1.807, 2.05) is 0 Å². The molecule has 1 atom stereocenters. The van der Waals surface area contributed by atoms with Crippen molar-refractivity contribution in [3.8, 4) is 0 Å². The number of alkyl carbamates (subject to hydrolysis) is 1. The first-order valence-corrected chi connectivity index (χ1v) is 7.74. The first-order chi connectivity index (χ1) is 11.6. The van der Waals surface area contributed by atoms with E-state index in [0.29, 0.717) is 5.56 Å². The summed E-state index contributed by atoms with van der Waals surface area (Å²) in [6.45, 7) is 8.67. The number of nitro groups is 1. The summed E-state index contributed by atoms with van der Waals surface area (Å²) in [5, 5.41) is 16.0. The number of ether oxygens (including phenoxy) is 1. The Hall–Kier alpha value is -2.90. The lowest BCUT2D eigenvalue weighted by molar-refractivity contribution is -0.385. The molecule has 1 unspecified atom stereocenters. The van der Waals surface area contributed by atoms with Gasteiger partial charge in [0.15, 0.2) is 0 Å². The van der Waals surface area contributed by atoms with Crippen LogP contribution in [0.15, 0.2) is 36.9 Å². The zero-order chi connectivity index (χ0) is 19.0. The molecule has 0 radical (unpaired) electrons. The van der Waals surface area contributed by atoms with Crippen molar-refractivity contribution >= 4 is 17.7 Å². The van der Waals surface area contributed by atoms with Crippen molar-refractivity contribution < 1.29 is 19.2 Å². The van der Waals surface area contributed by atoms with Gasteiger partial charge in [0.1, 0.15) is 11.6 Å². The Kier molecular flexibility index (Phi) is 7.10. The summed E-state index contributed by atoms with van der Waals surface area (Å²) in [7, 11) is 0. The number of rotatable bonds is 7. The molecular formula is C17H23N3O5. The molecule has 2 N–H and O–H groups in total. The molecular weight excluding hydrogens is 326 g/mol. The zero-order valence-corrected chi connectivity index (χ0v) is 14.6. The summed E-state index contributed by atoms with van der Waals surface area (Å²) in [5.74, 6) is -0.482. The predicted octanol–water partition coefficient (Wildman–Crippen LogP) is 2.68. The third kappa shape index (κ3) is 7.03. The van der Waals surface area contributed by atoms with Crippen LogP contribution in [0.2, 0.25) is 0 Å². The van der Waals surface area contributed by atoms with Gasteiger partial charge in [0.05, 0.1) is 4.92 Å². The van der Waals surface area contributed by atoms with E-state index in [9.17, 15) is 19.7 Å². The summed E-state index contributed by atoms with van der Waals surface area (Å²) in [6, 6.07) is 5.24. The molecule has 8 heteroatoms. The zero-order valence-electron chi connectivity index (χ0n) is 14.6. The molecule has 0 spiro atoms. The molecule has 0 heterocycles. The minimum atomic E-state index is -0.880. The summed E-state index contributed by atoms with van der Waals surface area (Å²) in [6.07, 6.45) is 0.967. The summed E-state index contributed by atoms with van der Waals surface area (Å²) >= 11 is 0. The molecule has 2 amide bonds. The van der Waals surface area contributed by atoms with Crippen molar-refractivity contribution in [2.75, 3.05) is 0 Å². The highest BCUT2D eigenvalue weighted by Crippen LogP contribution is 2.17. The minimum absolute atomic E-state index is 0.0281. The van der Waals surface area contributed by atoms with E-state index >= 15 is 0 Å². The Morgan fingerprint density at radius 1 is 1.36 bits per heavy atom. The number of carbonyl (C=O) groups excluding carboxylic acids is 2. The van der Waals surface area contributed by atoms with Crippen molar-refractivity contribution in [3.63, 3.8) is 0 Å². The molecule has 0 aliphatic carbocycles. The standard InChI is InChI=1S/C17H23N3O5/c1-5-8-13(19-16(22)25-17(2,3)4)15(21)18-11-12-9-6-7-10-14(12)20(23)24/h5-7,9-10,13H,1,8,11H2,2-4H3,(H,18,21)(H,19,22). The van der Waals surface area contributed by atoms with Crippen LogP contribution in [0.1, 0.15) is 32.8 Å². The van der Waals surface area contributed by atoms with Crippen LogP contribution in [0.3, 0.4) is 0 Å². The molecule has 136 valence electrons. The highest BCUT2D eigenvalue weighted by molar-refractivity contribution is 5.85. The van der Waals surface area contributed by atoms with Crippen LogP contribution >= 0.6 is 0 Å². The molecule has 0 aromatic heterocycles. The maximum atomic E-state index is 12.3. The van der Waals surface area contributed by atoms with Gasteiger partial charge in [-0.15, -0.1) is 6.58 Å². The molecule has 0 fully saturated rings. The summed E-state index contributed by atoms with van der Waals surface area (Å²) < 4.78 is 5.12. The maximum absolute atomic E-state index is 12.3. The van der Waals surface area contributed by atoms with Gasteiger partial charge in [0.2, 0.25) is 5.91 Å². The van der Waals surface area contributed by atoms with Crippen molar-refractivity contribution in [1.29, 1.82) is 0 Å². The van der Waals surface area contributed by atoms with Crippen LogP contribution < -0.4 is 10.6 Å². The first-order valence-electron chi connectivity index (χ1n) is 7.74. The fraction of sp³-hybridized carbons (Fsp3) is 0.412. The summed E-state index contributed by atoms with van der Waals surface area (Å²) in [4.78, 5) is 34.6. The number of hydrogen-bond acceptors (Lipinski definition) is 5. The molecule has 1 rings (SSSR count). The highest BCUT2D eigenvalue weighted by Gasteiger charge is 2.24. The average molecular weight is 349 g/mol. The average Bonchev–Trinajstić information content (AvgIpc) is 2.50. The quantitative estimate of drug-likeness (QED) is 0.447. The lowest BCUT2D eigenvalue weighted by Crippen LogP contribution is -2.47. The second-order valence-electron chi connectivity index (χ2n) is 6.33. The van der Waals surface area contributed by atoms with Crippen LogP contribution in [0, 0.1) is 10.1 Å². The highest BCUT2D eigenvalue weighted by atomic mass is 16.6. The van der Waals surface area contributed by atoms with E-state index in [4.69, 9.17) is 4.74 Å². The number of amides is 2. The van der Waals surface area contributed by atoms with Crippen molar-refractivity contribution in [2.24, 2.45) is 0 Å². The number of nitrogens with one attached hydrogen (secondary N) is 2. The Labute approximate surface area is 146 Å². The molecule has 25 heavy (non-hydrogen) atoms. The van der Waals surface area contributed by atoms with E-state index in [1.54, 1.807) is 39.0 Å². The van der Waals surface area contributed by atoms with E-state index in [1.165, 1.54) is 12.1 Å². The Bertz CT molecular complexity index is 652. The molecule has 0 saturated carbocycles. The topological polar surface area (TPSA) is 111 Å². The van der Waals surface area contributed by atoms with E-state index < -0.39 is 28.6 Å². The Morgan fingerprint density at radius 2 is 2.00 bits per heavy atom. The van der Waals surface area contributed by atoms with Crippen LogP contribution in [0.4, 0.5) is 10.5 Å². The Balaban J connectivity index is 2.73. The van der Waals surface area contributed by atoms with Crippen molar-refractivity contribution in [1.82, 2.24) is 10.6 Å². The maximum Gasteiger partial charge on any atom is 0.408 e. The second-order valence-corrected chi connectivity index (χ2v) is 6.33. The van der Waals surface area contributed by atoms with E-state index in [0.717, 1.165) is 0 Å². The number of carbonyl (C=O) groups is 2. The van der Waals surface area contributed by atoms with Gasteiger partial charge in [0.25, 0.3) is 5.69 Å². The van der Waals surface area contributed by atoms with Crippen molar-refractivity contribution in [3.05, 3.63) is 52.6 Å². The molecule has 0 saturated heterocycles. The molecule has 1 aromatic rings. The van der Waals surface area contributed by atoms with Crippen LogP contribution in [-0.2, 0) is 16.1 Å². The van der Waals surface area contributed by atoms with Gasteiger partial charge in [-0.25, -0.2) is 4.79 Å². The normalized spacial score (nSPS) is 12.0. The lowest BCUT2D eigenvalue weighted by atomic mass is 10.1. The number of hydrogen-bond donors (Lipinski definition) is 2. The largest absolute Gasteiger partial charge is 0.444 e. The number of benzene rings is 1. The van der Waals surface area contributed by atoms with Crippen LogP contribution in [0.5, 0.6) is 0 Å². The molecule has 0 bridgehead atoms. The summed E-state index contributed by atoms with van der Waals surface area (Å²) in [5.41, 5.74) is -0.400. The smallest absolute Gasteiger partial charge is 0.408 e. The minimum Gasteiger partial charge on any atom is -0.444 e. The van der Waals surface area contributed by atoms with Gasteiger partial charge < -0.3 is 15.4 Å². The van der Waals surface area contributed by atoms with E-state index in [-0.39, 0.29) is 18.7 Å². The number of nitro benzene ring substituents is 1. The third-order valence-corrected chi connectivity index (χ3v) is 3.05. The SMILES string of the molecule is C=CCC(NC(=O)OC(C)(C)C)C(=O)NCc1ccccc1[N+](=O)[O-]. The fourth-order valence-corrected chi connectivity index (χ4v) is 1.99. The molecule has 0 aliphatic heterocycles. The van der Waals surface area contributed by atoms with Gasteiger partial charge >= 0.3 is 6.09 Å². The van der Waals surface area contributed by atoms with Gasteiger partial charge in [-0.2, -0.15) is 0 Å². The predicted molar refractivity (Wildman–Crippen MR) is 92.9 cm³/mol. The van der Waals surface area contributed by atoms with Crippen LogP contribution in [0.25, 0.3) is 0 Å². The molecule has 1 aromatic carbocycles. The van der Waals surface area contributed by atoms with Crippen molar-refractivity contribution in [2.45, 2.75) is 45.4 Å². The molecule has 8 nitrogen and oxygen atoms in total. The number of nitrogens with zero attached hydrogens (tertiary/aromatic N) is 1. The van der Waals surface area contributed by atoms with Gasteiger partial charge in [-0.05, 0) is 27.2 Å². The fourth-order valence-electron chi connectivity index (χ4n) is 1.99. The van der Waals surface area contributed by atoms with Crippen LogP contribution in [-0.4, -0.2) is 28.6 Å². The van der Waals surface area contributed by atoms with Gasteiger partial charge in [-0.1, -0.05) is 24.3 Å². The Morgan fingerprint density at radius 3 is 2.56 bits per heavy atom. The van der Waals surface area contributed by atoms with Gasteiger partial charge in [-0.3, -0.25) is 14.9 Å².